The minimum atomic E-state index is -0.366. The Labute approximate surface area is 187 Å². The lowest BCUT2D eigenvalue weighted by molar-refractivity contribution is -0.122. The van der Waals surface area contributed by atoms with E-state index in [1.807, 2.05) is 42.5 Å². The van der Waals surface area contributed by atoms with Gasteiger partial charge in [0.1, 0.15) is 5.78 Å². The van der Waals surface area contributed by atoms with Gasteiger partial charge in [-0.3, -0.25) is 14.6 Å². The van der Waals surface area contributed by atoms with Gasteiger partial charge >= 0.3 is 0 Å². The molecule has 1 unspecified atom stereocenters. The molecule has 3 atom stereocenters. The van der Waals surface area contributed by atoms with Crippen LogP contribution in [0.1, 0.15) is 57.3 Å². The molecule has 1 aliphatic heterocycles. The van der Waals surface area contributed by atoms with E-state index >= 15 is 0 Å². The number of allylic oxidation sites excluding steroid dienone is 1. The summed E-state index contributed by atoms with van der Waals surface area (Å²) in [7, 11) is 0. The van der Waals surface area contributed by atoms with Crippen molar-refractivity contribution < 1.29 is 9.59 Å². The Balaban J connectivity index is 1.52. The maximum Gasteiger partial charge on any atom is 0.192 e. The lowest BCUT2D eigenvalue weighted by atomic mass is 9.66. The minimum Gasteiger partial charge on any atom is -0.299 e. The molecule has 3 heteroatoms. The molecule has 0 aromatic heterocycles. The SMILES string of the molecule is Cc1ccc([C@H]2C3=C(N=C4C[C@H](c5ccccc5)CC(=O)C42)c2ccccc2C3=O)cc1. The molecule has 3 aromatic rings. The molecule has 1 heterocycles. The summed E-state index contributed by atoms with van der Waals surface area (Å²) in [6.45, 7) is 2.05. The van der Waals surface area contributed by atoms with Crippen LogP contribution in [0.4, 0.5) is 0 Å². The summed E-state index contributed by atoms with van der Waals surface area (Å²) in [5, 5.41) is 0. The number of rotatable bonds is 2. The number of nitrogens with zero attached hydrogens (tertiary/aromatic N) is 1. The van der Waals surface area contributed by atoms with Gasteiger partial charge in [0.15, 0.2) is 5.78 Å². The molecule has 0 spiro atoms. The molecule has 2 aliphatic carbocycles. The topological polar surface area (TPSA) is 46.5 Å². The number of ketones is 2. The van der Waals surface area contributed by atoms with Crippen LogP contribution in [0.2, 0.25) is 0 Å². The predicted octanol–water partition coefficient (Wildman–Crippen LogP) is 5.90. The number of hydrogen-bond donors (Lipinski definition) is 0. The van der Waals surface area contributed by atoms with Crippen LogP contribution in [0.15, 0.2) is 89.4 Å². The van der Waals surface area contributed by atoms with Crippen molar-refractivity contribution in [2.45, 2.75) is 31.6 Å². The van der Waals surface area contributed by atoms with Gasteiger partial charge in [0.05, 0.1) is 11.6 Å². The van der Waals surface area contributed by atoms with E-state index in [9.17, 15) is 9.59 Å². The average molecular weight is 418 g/mol. The van der Waals surface area contributed by atoms with Crippen LogP contribution in [0, 0.1) is 12.8 Å². The van der Waals surface area contributed by atoms with E-state index in [4.69, 9.17) is 4.99 Å². The summed E-state index contributed by atoms with van der Waals surface area (Å²) >= 11 is 0. The van der Waals surface area contributed by atoms with Gasteiger partial charge in [-0.2, -0.15) is 0 Å². The van der Waals surface area contributed by atoms with Crippen LogP contribution in [-0.2, 0) is 4.79 Å². The van der Waals surface area contributed by atoms with Crippen LogP contribution >= 0.6 is 0 Å². The number of aliphatic imine (C=N–C) groups is 1. The van der Waals surface area contributed by atoms with Crippen molar-refractivity contribution >= 4 is 23.0 Å². The summed E-state index contributed by atoms with van der Waals surface area (Å²) in [6.07, 6.45) is 1.23. The minimum absolute atomic E-state index is 0.0157. The Hall–Kier alpha value is -3.59. The first-order chi connectivity index (χ1) is 15.6. The second kappa shape index (κ2) is 7.23. The largest absolute Gasteiger partial charge is 0.299 e. The van der Waals surface area contributed by atoms with Gasteiger partial charge in [0, 0.05) is 34.8 Å². The van der Waals surface area contributed by atoms with Crippen LogP contribution in [-0.4, -0.2) is 17.3 Å². The van der Waals surface area contributed by atoms with Gasteiger partial charge < -0.3 is 0 Å². The third-order valence-corrected chi connectivity index (χ3v) is 7.14. The van der Waals surface area contributed by atoms with Crippen molar-refractivity contribution in [3.05, 3.63) is 112 Å². The van der Waals surface area contributed by atoms with E-state index in [1.54, 1.807) is 0 Å². The summed E-state index contributed by atoms with van der Waals surface area (Å²) in [4.78, 5) is 32.2. The number of carbonyl (C=O) groups is 2. The molecule has 3 aliphatic rings. The summed E-state index contributed by atoms with van der Waals surface area (Å²) in [5.41, 5.74) is 7.33. The number of benzene rings is 3. The van der Waals surface area contributed by atoms with E-state index in [2.05, 4.69) is 43.3 Å². The van der Waals surface area contributed by atoms with E-state index in [0.717, 1.165) is 34.5 Å². The van der Waals surface area contributed by atoms with Gasteiger partial charge in [-0.25, -0.2) is 0 Å². The molecule has 0 bridgehead atoms. The Kier molecular flexibility index (Phi) is 4.32. The maximum atomic E-state index is 13.6. The van der Waals surface area contributed by atoms with Crippen molar-refractivity contribution in [2.24, 2.45) is 10.9 Å². The fourth-order valence-electron chi connectivity index (χ4n) is 5.60. The molecule has 32 heavy (non-hydrogen) atoms. The molecular formula is C29H23NO2. The third-order valence-electron chi connectivity index (χ3n) is 7.14. The first-order valence-corrected chi connectivity index (χ1v) is 11.2. The fraction of sp³-hybridized carbons (Fsp3) is 0.207. The highest BCUT2D eigenvalue weighted by molar-refractivity contribution is 6.25. The van der Waals surface area contributed by atoms with Gasteiger partial charge in [-0.1, -0.05) is 84.4 Å². The van der Waals surface area contributed by atoms with Crippen molar-refractivity contribution in [1.29, 1.82) is 0 Å². The normalized spacial score (nSPS) is 24.0. The zero-order valence-electron chi connectivity index (χ0n) is 17.9. The van der Waals surface area contributed by atoms with Crippen molar-refractivity contribution in [1.82, 2.24) is 0 Å². The standard InChI is InChI=1S/C29H23NO2/c1-17-11-13-19(14-12-17)25-26-23(15-20(16-24(26)31)18-7-3-2-4-8-18)30-28-21-9-5-6-10-22(21)29(32)27(25)28/h2-14,20,25-26H,15-16H2,1H3/t20-,25+,26?/m0/s1. The second-order valence-corrected chi connectivity index (χ2v) is 9.09. The van der Waals surface area contributed by atoms with E-state index in [0.29, 0.717) is 17.6 Å². The number of Topliss-reactive ketones (excluding diaryl/α,β-unsaturated/α-hetero) is 2. The van der Waals surface area contributed by atoms with E-state index < -0.39 is 0 Å². The van der Waals surface area contributed by atoms with Gasteiger partial charge in [-0.15, -0.1) is 0 Å². The molecule has 1 fully saturated rings. The molecule has 0 radical (unpaired) electrons. The van der Waals surface area contributed by atoms with Crippen molar-refractivity contribution in [3.8, 4) is 0 Å². The monoisotopic (exact) mass is 417 g/mol. The summed E-state index contributed by atoms with van der Waals surface area (Å²) in [5.74, 6) is -0.310. The van der Waals surface area contributed by atoms with E-state index in [1.165, 1.54) is 5.56 Å². The Bertz CT molecular complexity index is 1310. The highest BCUT2D eigenvalue weighted by Crippen LogP contribution is 2.51. The molecular weight excluding hydrogens is 394 g/mol. The highest BCUT2D eigenvalue weighted by Gasteiger charge is 2.48. The number of fused-ring (bicyclic) bond motifs is 3. The van der Waals surface area contributed by atoms with Gasteiger partial charge in [-0.05, 0) is 30.4 Å². The number of hydrogen-bond acceptors (Lipinski definition) is 3. The summed E-state index contributed by atoms with van der Waals surface area (Å²) < 4.78 is 0. The van der Waals surface area contributed by atoms with Crippen LogP contribution in [0.5, 0.6) is 0 Å². The summed E-state index contributed by atoms with van der Waals surface area (Å²) in [6, 6.07) is 26.2. The number of aryl methyl sites for hydroxylation is 1. The quantitative estimate of drug-likeness (QED) is 0.521. The number of carbonyl (C=O) groups excluding carboxylic acids is 2. The molecule has 0 N–H and O–H groups in total. The average Bonchev–Trinajstić information content (AvgIpc) is 3.11. The molecule has 3 aromatic carbocycles. The molecule has 0 amide bonds. The molecule has 0 saturated heterocycles. The Morgan fingerprint density at radius 1 is 0.719 bits per heavy atom. The molecule has 156 valence electrons. The lowest BCUT2D eigenvalue weighted by Crippen LogP contribution is -2.40. The third kappa shape index (κ3) is 2.85. The first-order valence-electron chi connectivity index (χ1n) is 11.2. The zero-order valence-corrected chi connectivity index (χ0v) is 17.9. The van der Waals surface area contributed by atoms with Crippen LogP contribution < -0.4 is 0 Å². The van der Waals surface area contributed by atoms with Gasteiger partial charge in [0.2, 0.25) is 0 Å². The molecule has 3 nitrogen and oxygen atoms in total. The van der Waals surface area contributed by atoms with Gasteiger partial charge in [0.25, 0.3) is 0 Å². The van der Waals surface area contributed by atoms with E-state index in [-0.39, 0.29) is 29.3 Å². The van der Waals surface area contributed by atoms with Crippen molar-refractivity contribution in [2.75, 3.05) is 0 Å². The zero-order chi connectivity index (χ0) is 21.8. The highest BCUT2D eigenvalue weighted by atomic mass is 16.1. The smallest absolute Gasteiger partial charge is 0.192 e. The second-order valence-electron chi connectivity index (χ2n) is 9.09. The van der Waals surface area contributed by atoms with Crippen LogP contribution in [0.25, 0.3) is 5.70 Å². The molecule has 6 rings (SSSR count). The lowest BCUT2D eigenvalue weighted by Gasteiger charge is -2.37. The fourth-order valence-corrected chi connectivity index (χ4v) is 5.60. The predicted molar refractivity (Wildman–Crippen MR) is 126 cm³/mol. The Morgan fingerprint density at radius 3 is 2.16 bits per heavy atom. The van der Waals surface area contributed by atoms with Crippen LogP contribution in [0.3, 0.4) is 0 Å². The van der Waals surface area contributed by atoms with Crippen molar-refractivity contribution in [3.63, 3.8) is 0 Å². The Morgan fingerprint density at radius 2 is 1.41 bits per heavy atom. The molecule has 1 saturated carbocycles. The first kappa shape index (κ1) is 19.1. The maximum absolute atomic E-state index is 13.6.